The largest absolute Gasteiger partial charge is 0.360 e. The first-order chi connectivity index (χ1) is 16.2. The number of aromatic nitrogens is 4. The fourth-order valence-corrected chi connectivity index (χ4v) is 6.42. The summed E-state index contributed by atoms with van der Waals surface area (Å²) in [6.07, 6.45) is 5.26. The van der Waals surface area contributed by atoms with Crippen LogP contribution in [0.1, 0.15) is 32.2 Å². The molecule has 6 rings (SSSR count). The smallest absolute Gasteiger partial charge is 0.237 e. The van der Waals surface area contributed by atoms with Crippen molar-refractivity contribution in [3.05, 3.63) is 54.7 Å². The number of amides is 1. The topological polar surface area (TPSA) is 66.8 Å². The Kier molecular flexibility index (Phi) is 5.42. The standard InChI is InChI=1S/C25H25N5OS2/c1-16-12-13-29(21-8-4-5-9-22(21)33-16)23(31)15-32-25-28-27-24(30(25)17-10-11-17)19-14-26-20-7-3-2-6-18(19)20/h2-9,14,16-17,26H,10-13,15H2,1H3/t16-/m0/s1. The van der Waals surface area contributed by atoms with Crippen molar-refractivity contribution in [3.8, 4) is 11.4 Å². The second-order valence-electron chi connectivity index (χ2n) is 8.67. The average molecular weight is 476 g/mol. The van der Waals surface area contributed by atoms with E-state index in [1.807, 2.05) is 47.1 Å². The van der Waals surface area contributed by atoms with Gasteiger partial charge in [0.15, 0.2) is 11.0 Å². The Morgan fingerprint density at radius 2 is 1.94 bits per heavy atom. The molecule has 2 aliphatic rings. The van der Waals surface area contributed by atoms with Crippen molar-refractivity contribution in [2.75, 3.05) is 17.2 Å². The molecule has 0 spiro atoms. The normalized spacial score (nSPS) is 18.3. The highest BCUT2D eigenvalue weighted by Crippen LogP contribution is 2.42. The van der Waals surface area contributed by atoms with Gasteiger partial charge in [0.1, 0.15) is 0 Å². The molecule has 0 unspecified atom stereocenters. The molecule has 1 saturated carbocycles. The maximum absolute atomic E-state index is 13.3. The quantitative estimate of drug-likeness (QED) is 0.371. The molecule has 4 aromatic rings. The van der Waals surface area contributed by atoms with E-state index >= 15 is 0 Å². The van der Waals surface area contributed by atoms with Gasteiger partial charge in [0.25, 0.3) is 0 Å². The van der Waals surface area contributed by atoms with Gasteiger partial charge in [0.05, 0.1) is 11.4 Å². The maximum Gasteiger partial charge on any atom is 0.237 e. The van der Waals surface area contributed by atoms with Gasteiger partial charge in [-0.1, -0.05) is 49.0 Å². The molecule has 1 fully saturated rings. The number of rotatable bonds is 5. The SMILES string of the molecule is C[C@H]1CCN(C(=O)CSc2nnc(-c3c[nH]c4ccccc34)n2C2CC2)c2ccccc2S1. The number of carbonyl (C=O) groups excluding carboxylic acids is 1. The van der Waals surface area contributed by atoms with Gasteiger partial charge >= 0.3 is 0 Å². The van der Waals surface area contributed by atoms with Crippen LogP contribution in [0.4, 0.5) is 5.69 Å². The number of H-pyrrole nitrogens is 1. The fraction of sp³-hybridized carbons (Fsp3) is 0.320. The molecule has 0 saturated heterocycles. The molecule has 0 radical (unpaired) electrons. The Balaban J connectivity index is 1.26. The molecular weight excluding hydrogens is 450 g/mol. The minimum atomic E-state index is 0.126. The zero-order valence-corrected chi connectivity index (χ0v) is 20.0. The molecule has 6 nitrogen and oxygen atoms in total. The van der Waals surface area contributed by atoms with Gasteiger partial charge in [0, 0.05) is 45.4 Å². The molecule has 1 atom stereocenters. The number of thioether (sulfide) groups is 2. The highest BCUT2D eigenvalue weighted by atomic mass is 32.2. The summed E-state index contributed by atoms with van der Waals surface area (Å²) in [7, 11) is 0. The number of aromatic amines is 1. The Hall–Kier alpha value is -2.71. The summed E-state index contributed by atoms with van der Waals surface area (Å²) in [5.41, 5.74) is 3.19. The summed E-state index contributed by atoms with van der Waals surface area (Å²) in [5, 5.41) is 11.6. The predicted molar refractivity (Wildman–Crippen MR) is 135 cm³/mol. The van der Waals surface area contributed by atoms with E-state index in [0.717, 1.165) is 58.9 Å². The van der Waals surface area contributed by atoms with E-state index in [1.165, 1.54) is 16.7 Å². The highest BCUT2D eigenvalue weighted by molar-refractivity contribution is 8.00. The zero-order chi connectivity index (χ0) is 22.4. The van der Waals surface area contributed by atoms with Crippen molar-refractivity contribution < 1.29 is 4.79 Å². The summed E-state index contributed by atoms with van der Waals surface area (Å²) in [6, 6.07) is 16.9. The Morgan fingerprint density at radius 1 is 1.12 bits per heavy atom. The van der Waals surface area contributed by atoms with Gasteiger partial charge in [-0.25, -0.2) is 0 Å². The number of benzene rings is 2. The molecule has 1 N–H and O–H groups in total. The summed E-state index contributed by atoms with van der Waals surface area (Å²) in [5.74, 6) is 1.36. The second kappa shape index (κ2) is 8.57. The minimum absolute atomic E-state index is 0.126. The van der Waals surface area contributed by atoms with Crippen LogP contribution in [0.2, 0.25) is 0 Å². The van der Waals surface area contributed by atoms with Crippen LogP contribution in [0.5, 0.6) is 0 Å². The van der Waals surface area contributed by atoms with Crippen LogP contribution < -0.4 is 4.90 Å². The van der Waals surface area contributed by atoms with E-state index in [0.29, 0.717) is 17.0 Å². The molecule has 2 aromatic carbocycles. The van der Waals surface area contributed by atoms with Crippen molar-refractivity contribution in [3.63, 3.8) is 0 Å². The fourth-order valence-electron chi connectivity index (χ4n) is 4.43. The van der Waals surface area contributed by atoms with Crippen molar-refractivity contribution in [2.45, 2.75) is 47.5 Å². The van der Waals surface area contributed by atoms with E-state index < -0.39 is 0 Å². The van der Waals surface area contributed by atoms with Crippen LogP contribution in [0.3, 0.4) is 0 Å². The lowest BCUT2D eigenvalue weighted by Gasteiger charge is -2.22. The lowest BCUT2D eigenvalue weighted by Crippen LogP contribution is -2.33. The van der Waals surface area contributed by atoms with E-state index in [-0.39, 0.29) is 5.91 Å². The molecule has 1 amide bonds. The number of fused-ring (bicyclic) bond motifs is 2. The molecule has 33 heavy (non-hydrogen) atoms. The monoisotopic (exact) mass is 475 g/mol. The molecule has 0 bridgehead atoms. The summed E-state index contributed by atoms with van der Waals surface area (Å²) in [6.45, 7) is 2.98. The number of hydrogen-bond donors (Lipinski definition) is 1. The first-order valence-corrected chi connectivity index (χ1v) is 13.3. The van der Waals surface area contributed by atoms with E-state index in [4.69, 9.17) is 0 Å². The van der Waals surface area contributed by atoms with Gasteiger partial charge < -0.3 is 9.88 Å². The first-order valence-electron chi connectivity index (χ1n) is 11.4. The number of nitrogens with one attached hydrogen (secondary N) is 1. The van der Waals surface area contributed by atoms with Crippen LogP contribution in [0, 0.1) is 0 Å². The molecule has 1 aliphatic carbocycles. The van der Waals surface area contributed by atoms with E-state index in [1.54, 1.807) is 0 Å². The van der Waals surface area contributed by atoms with Crippen molar-refractivity contribution in [2.24, 2.45) is 0 Å². The number of nitrogens with zero attached hydrogens (tertiary/aromatic N) is 4. The average Bonchev–Trinajstić information content (AvgIpc) is 3.48. The van der Waals surface area contributed by atoms with Crippen LogP contribution >= 0.6 is 23.5 Å². The molecule has 3 heterocycles. The van der Waals surface area contributed by atoms with Crippen molar-refractivity contribution in [1.29, 1.82) is 0 Å². The molecule has 1 aliphatic heterocycles. The van der Waals surface area contributed by atoms with Crippen LogP contribution in [-0.4, -0.2) is 43.2 Å². The third kappa shape index (κ3) is 3.95. The Labute approximate surface area is 201 Å². The van der Waals surface area contributed by atoms with Crippen LogP contribution in [0.15, 0.2) is 64.8 Å². The molecule has 8 heteroatoms. The van der Waals surface area contributed by atoms with Gasteiger partial charge in [-0.05, 0) is 37.5 Å². The first kappa shape index (κ1) is 20.9. The maximum atomic E-state index is 13.3. The number of carbonyl (C=O) groups is 1. The van der Waals surface area contributed by atoms with Gasteiger partial charge in [-0.3, -0.25) is 9.36 Å². The Morgan fingerprint density at radius 3 is 2.82 bits per heavy atom. The van der Waals surface area contributed by atoms with Crippen LogP contribution in [0.25, 0.3) is 22.3 Å². The minimum Gasteiger partial charge on any atom is -0.360 e. The lowest BCUT2D eigenvalue weighted by atomic mass is 10.1. The van der Waals surface area contributed by atoms with Gasteiger partial charge in [-0.15, -0.1) is 22.0 Å². The highest BCUT2D eigenvalue weighted by Gasteiger charge is 2.32. The van der Waals surface area contributed by atoms with E-state index in [9.17, 15) is 4.79 Å². The molecule has 2 aromatic heterocycles. The number of para-hydroxylation sites is 2. The predicted octanol–water partition coefficient (Wildman–Crippen LogP) is 5.77. The second-order valence-corrected chi connectivity index (χ2v) is 11.1. The third-order valence-electron chi connectivity index (χ3n) is 6.28. The van der Waals surface area contributed by atoms with Crippen molar-refractivity contribution in [1.82, 2.24) is 19.7 Å². The summed E-state index contributed by atoms with van der Waals surface area (Å²) in [4.78, 5) is 19.8. The van der Waals surface area contributed by atoms with E-state index in [2.05, 4.69) is 50.9 Å². The molecule has 168 valence electrons. The third-order valence-corrected chi connectivity index (χ3v) is 8.44. The summed E-state index contributed by atoms with van der Waals surface area (Å²) >= 11 is 3.36. The Bertz CT molecular complexity index is 1330. The molecular formula is C25H25N5OS2. The van der Waals surface area contributed by atoms with Gasteiger partial charge in [0.2, 0.25) is 5.91 Å². The number of anilines is 1. The lowest BCUT2D eigenvalue weighted by molar-refractivity contribution is -0.116. The van der Waals surface area contributed by atoms with Crippen molar-refractivity contribution >= 4 is 46.0 Å². The summed E-state index contributed by atoms with van der Waals surface area (Å²) < 4.78 is 2.24. The zero-order valence-electron chi connectivity index (χ0n) is 18.4. The van der Waals surface area contributed by atoms with Gasteiger partial charge in [-0.2, -0.15) is 0 Å². The number of hydrogen-bond acceptors (Lipinski definition) is 5. The van der Waals surface area contributed by atoms with Crippen LogP contribution in [-0.2, 0) is 4.79 Å².